The summed E-state index contributed by atoms with van der Waals surface area (Å²) < 4.78 is 27.2. The second-order valence-electron chi connectivity index (χ2n) is 8.71. The molecule has 35 heavy (non-hydrogen) atoms. The first-order chi connectivity index (χ1) is 16.9. The summed E-state index contributed by atoms with van der Waals surface area (Å²) in [7, 11) is 4.73. The van der Waals surface area contributed by atoms with Gasteiger partial charge in [0.05, 0.1) is 32.3 Å². The van der Waals surface area contributed by atoms with Gasteiger partial charge in [-0.15, -0.1) is 0 Å². The lowest BCUT2D eigenvalue weighted by Crippen LogP contribution is -2.36. The summed E-state index contributed by atoms with van der Waals surface area (Å²) in [6.45, 7) is 4.07. The number of ether oxygens (including phenoxy) is 4. The largest absolute Gasteiger partial charge is 0.493 e. The number of ketones is 1. The molecule has 4 rings (SSSR count). The van der Waals surface area contributed by atoms with E-state index in [2.05, 4.69) is 5.32 Å². The van der Waals surface area contributed by atoms with E-state index in [1.54, 1.807) is 21.3 Å². The molecule has 2 atom stereocenters. The van der Waals surface area contributed by atoms with Gasteiger partial charge in [-0.3, -0.25) is 4.79 Å². The Kier molecular flexibility index (Phi) is 7.31. The molecular formula is C27H31NO7. The third-order valence-corrected chi connectivity index (χ3v) is 6.49. The number of furan rings is 1. The number of nitrogens with one attached hydrogen (secondary N) is 1. The number of carbonyl (C=O) groups is 2. The van der Waals surface area contributed by atoms with Gasteiger partial charge < -0.3 is 28.7 Å². The van der Waals surface area contributed by atoms with Gasteiger partial charge in [0.1, 0.15) is 18.1 Å². The van der Waals surface area contributed by atoms with Crippen LogP contribution in [0, 0.1) is 6.92 Å². The van der Waals surface area contributed by atoms with E-state index in [9.17, 15) is 9.59 Å². The molecule has 0 fully saturated rings. The summed E-state index contributed by atoms with van der Waals surface area (Å²) in [4.78, 5) is 26.7. The number of carbonyl (C=O) groups excluding carboxylic acids is 2. The molecule has 8 heteroatoms. The molecule has 0 saturated heterocycles. The molecular weight excluding hydrogens is 450 g/mol. The fraction of sp³-hybridized carbons (Fsp3) is 0.407. The predicted octanol–water partition coefficient (Wildman–Crippen LogP) is 4.16. The van der Waals surface area contributed by atoms with Crippen molar-refractivity contribution < 1.29 is 33.0 Å². The molecule has 0 bridgehead atoms. The van der Waals surface area contributed by atoms with Crippen molar-refractivity contribution in [1.82, 2.24) is 5.32 Å². The number of rotatable bonds is 8. The predicted molar refractivity (Wildman–Crippen MR) is 128 cm³/mol. The number of dihydropyridines is 1. The van der Waals surface area contributed by atoms with E-state index >= 15 is 0 Å². The molecule has 1 aromatic carbocycles. The van der Waals surface area contributed by atoms with Crippen molar-refractivity contribution in [2.45, 2.75) is 38.5 Å². The van der Waals surface area contributed by atoms with Crippen molar-refractivity contribution in [3.8, 4) is 11.5 Å². The molecule has 2 heterocycles. The summed E-state index contributed by atoms with van der Waals surface area (Å²) in [5.41, 5.74) is 3.37. The van der Waals surface area contributed by atoms with Gasteiger partial charge in [-0.1, -0.05) is 6.07 Å². The minimum Gasteiger partial charge on any atom is -0.493 e. The van der Waals surface area contributed by atoms with Crippen LogP contribution in [0.4, 0.5) is 0 Å². The van der Waals surface area contributed by atoms with Crippen molar-refractivity contribution in [2.24, 2.45) is 0 Å². The Balaban J connectivity index is 1.71. The van der Waals surface area contributed by atoms with Crippen LogP contribution in [0.3, 0.4) is 0 Å². The highest BCUT2D eigenvalue weighted by atomic mass is 16.6. The molecule has 0 amide bonds. The monoisotopic (exact) mass is 481 g/mol. The van der Waals surface area contributed by atoms with Crippen LogP contribution in [-0.2, 0) is 19.1 Å². The van der Waals surface area contributed by atoms with Gasteiger partial charge >= 0.3 is 5.97 Å². The van der Waals surface area contributed by atoms with Crippen LogP contribution in [0.5, 0.6) is 11.5 Å². The molecule has 1 N–H and O–H groups in total. The highest BCUT2D eigenvalue weighted by molar-refractivity contribution is 6.04. The van der Waals surface area contributed by atoms with Gasteiger partial charge in [0.25, 0.3) is 0 Å². The Morgan fingerprint density at radius 3 is 2.46 bits per heavy atom. The van der Waals surface area contributed by atoms with Crippen molar-refractivity contribution in [2.75, 3.05) is 34.5 Å². The number of esters is 1. The second kappa shape index (κ2) is 10.4. The zero-order chi connectivity index (χ0) is 25.1. The summed E-state index contributed by atoms with van der Waals surface area (Å²) in [6.07, 6.45) is 0.910. The Morgan fingerprint density at radius 2 is 1.80 bits per heavy atom. The van der Waals surface area contributed by atoms with Gasteiger partial charge in [-0.2, -0.15) is 0 Å². The normalized spacial score (nSPS) is 19.9. The summed E-state index contributed by atoms with van der Waals surface area (Å²) in [6, 6.07) is 9.38. The molecule has 186 valence electrons. The van der Waals surface area contributed by atoms with Gasteiger partial charge in [-0.05, 0) is 56.0 Å². The molecule has 1 aliphatic carbocycles. The maximum atomic E-state index is 13.6. The molecule has 1 aliphatic heterocycles. The van der Waals surface area contributed by atoms with Gasteiger partial charge in [0.15, 0.2) is 17.3 Å². The van der Waals surface area contributed by atoms with E-state index in [0.29, 0.717) is 52.7 Å². The molecule has 8 nitrogen and oxygen atoms in total. The zero-order valence-corrected chi connectivity index (χ0v) is 20.7. The SMILES string of the molecule is COCCOC(=O)C1=C(C)NC2=C(C(=O)C[C@@H](c3ccc(OC)c(OC)c3)C2)[C@H]1c1ccc(C)o1. The van der Waals surface area contributed by atoms with E-state index in [1.165, 1.54) is 0 Å². The first kappa shape index (κ1) is 24.6. The van der Waals surface area contributed by atoms with Crippen LogP contribution in [0.1, 0.15) is 48.7 Å². The maximum Gasteiger partial charge on any atom is 0.336 e. The Morgan fingerprint density at radius 1 is 1.03 bits per heavy atom. The average molecular weight is 482 g/mol. The first-order valence-corrected chi connectivity index (χ1v) is 11.6. The standard InChI is InChI=1S/C27H31NO7/c1-15-6-8-22(35-15)26-24(27(30)34-11-10-31-3)16(2)28-19-12-18(13-20(29)25(19)26)17-7-9-21(32-4)23(14-17)33-5/h6-9,14,18,26,28H,10-13H2,1-5H3/t18-,26-/m0/s1. The zero-order valence-electron chi connectivity index (χ0n) is 20.7. The van der Waals surface area contributed by atoms with Crippen LogP contribution in [0.15, 0.2) is 57.3 Å². The van der Waals surface area contributed by atoms with Crippen LogP contribution in [0.25, 0.3) is 0 Å². The number of benzene rings is 1. The van der Waals surface area contributed by atoms with Gasteiger partial charge in [0, 0.05) is 30.5 Å². The number of methoxy groups -OCH3 is 3. The molecule has 1 aromatic heterocycles. The number of hydrogen-bond acceptors (Lipinski definition) is 8. The Bertz CT molecular complexity index is 1190. The highest BCUT2D eigenvalue weighted by Gasteiger charge is 2.42. The lowest BCUT2D eigenvalue weighted by molar-refractivity contribution is -0.140. The molecule has 0 unspecified atom stereocenters. The van der Waals surface area contributed by atoms with E-state index in [-0.39, 0.29) is 24.9 Å². The molecule has 2 aromatic rings. The minimum absolute atomic E-state index is 0.0349. The lowest BCUT2D eigenvalue weighted by atomic mass is 9.73. The molecule has 0 spiro atoms. The lowest BCUT2D eigenvalue weighted by Gasteiger charge is -2.35. The summed E-state index contributed by atoms with van der Waals surface area (Å²) >= 11 is 0. The smallest absolute Gasteiger partial charge is 0.336 e. The topological polar surface area (TPSA) is 96.2 Å². The van der Waals surface area contributed by atoms with Crippen molar-refractivity contribution in [3.63, 3.8) is 0 Å². The first-order valence-electron chi connectivity index (χ1n) is 11.6. The summed E-state index contributed by atoms with van der Waals surface area (Å²) in [5.74, 6) is 1.31. The van der Waals surface area contributed by atoms with Gasteiger partial charge in [0.2, 0.25) is 0 Å². The maximum absolute atomic E-state index is 13.6. The second-order valence-corrected chi connectivity index (χ2v) is 8.71. The van der Waals surface area contributed by atoms with E-state index in [1.807, 2.05) is 44.2 Å². The van der Waals surface area contributed by atoms with Crippen LogP contribution >= 0.6 is 0 Å². The third-order valence-electron chi connectivity index (χ3n) is 6.49. The molecule has 2 aliphatic rings. The number of hydrogen-bond donors (Lipinski definition) is 1. The molecule has 0 radical (unpaired) electrons. The Hall–Kier alpha value is -3.52. The fourth-order valence-electron chi connectivity index (χ4n) is 4.84. The number of aryl methyl sites for hydroxylation is 1. The number of allylic oxidation sites excluding steroid dienone is 3. The average Bonchev–Trinajstić information content (AvgIpc) is 3.28. The Labute approximate surface area is 204 Å². The fourth-order valence-corrected chi connectivity index (χ4v) is 4.84. The van der Waals surface area contributed by atoms with Crippen LogP contribution in [0.2, 0.25) is 0 Å². The summed E-state index contributed by atoms with van der Waals surface area (Å²) in [5, 5.41) is 3.34. The number of Topliss-reactive ketones (excluding diaryl/α,β-unsaturated/α-hetero) is 1. The van der Waals surface area contributed by atoms with E-state index < -0.39 is 11.9 Å². The van der Waals surface area contributed by atoms with Gasteiger partial charge in [-0.25, -0.2) is 4.79 Å². The van der Waals surface area contributed by atoms with E-state index in [0.717, 1.165) is 11.3 Å². The van der Waals surface area contributed by atoms with Crippen molar-refractivity contribution >= 4 is 11.8 Å². The van der Waals surface area contributed by atoms with Crippen LogP contribution in [-0.4, -0.2) is 46.3 Å². The molecule has 0 saturated carbocycles. The highest BCUT2D eigenvalue weighted by Crippen LogP contribution is 2.46. The van der Waals surface area contributed by atoms with Crippen LogP contribution < -0.4 is 14.8 Å². The van der Waals surface area contributed by atoms with Crippen molar-refractivity contribution in [1.29, 1.82) is 0 Å². The third kappa shape index (κ3) is 4.84. The van der Waals surface area contributed by atoms with Crippen molar-refractivity contribution in [3.05, 3.63) is 70.0 Å². The van der Waals surface area contributed by atoms with E-state index in [4.69, 9.17) is 23.4 Å². The minimum atomic E-state index is -0.631. The quantitative estimate of drug-likeness (QED) is 0.444.